The van der Waals surface area contributed by atoms with E-state index in [9.17, 15) is 0 Å². The summed E-state index contributed by atoms with van der Waals surface area (Å²) in [5, 5.41) is 1.08. The minimum atomic E-state index is 0. The van der Waals surface area contributed by atoms with Crippen molar-refractivity contribution in [1.29, 1.82) is 0 Å². The molecule has 91 valence electrons. The maximum atomic E-state index is 4.32. The number of hydrogen-bond acceptors (Lipinski definition) is 2. The molecule has 0 N–H and O–H groups in total. The van der Waals surface area contributed by atoms with Gasteiger partial charge in [-0.2, -0.15) is 0 Å². The molecule has 1 aromatic heterocycles. The average molecular weight is 322 g/mol. The Balaban J connectivity index is 0.00000133. The van der Waals surface area contributed by atoms with Gasteiger partial charge in [0, 0.05) is 39.0 Å². The molecule has 3 rings (SSSR count). The van der Waals surface area contributed by atoms with E-state index in [0.717, 1.165) is 27.7 Å². The Kier molecular flexibility index (Phi) is 4.43. The molecule has 0 spiro atoms. The van der Waals surface area contributed by atoms with Gasteiger partial charge in [-0.25, -0.2) is 0 Å². The van der Waals surface area contributed by atoms with Crippen molar-refractivity contribution < 1.29 is 32.7 Å². The number of benzene rings is 2. The average Bonchev–Trinajstić information content (AvgIpc) is 2.39. The molecule has 1 radical (unpaired) electrons. The van der Waals surface area contributed by atoms with E-state index in [-0.39, 0.29) is 32.7 Å². The smallest absolute Gasteiger partial charge is 0.0225 e. The Hall–Kier alpha value is -1.12. The Morgan fingerprint density at radius 2 is 1.74 bits per heavy atom. The van der Waals surface area contributed by atoms with Gasteiger partial charge < -0.3 is 9.97 Å². The number of hydrogen-bond donors (Lipinski definition) is 0. The third kappa shape index (κ3) is 2.75. The fourth-order valence-corrected chi connectivity index (χ4v) is 2.20. The Morgan fingerprint density at radius 1 is 0.947 bits per heavy atom. The predicted octanol–water partition coefficient (Wildman–Crippen LogP) is 3.71. The van der Waals surface area contributed by atoms with E-state index >= 15 is 0 Å². The molecule has 0 aliphatic carbocycles. The van der Waals surface area contributed by atoms with Gasteiger partial charge in [0.1, 0.15) is 0 Å². The van der Waals surface area contributed by atoms with E-state index in [1.807, 2.05) is 6.07 Å². The fourth-order valence-electron chi connectivity index (χ4n) is 2.20. The van der Waals surface area contributed by atoms with Gasteiger partial charge in [-0.3, -0.25) is 0 Å². The van der Waals surface area contributed by atoms with E-state index in [4.69, 9.17) is 0 Å². The van der Waals surface area contributed by atoms with Crippen LogP contribution in [0.1, 0.15) is 11.1 Å². The number of aryl methyl sites for hydroxylation is 2. The summed E-state index contributed by atoms with van der Waals surface area (Å²) >= 11 is 0. The van der Waals surface area contributed by atoms with Gasteiger partial charge in [0.2, 0.25) is 0 Å². The molecule has 0 amide bonds. The van der Waals surface area contributed by atoms with Gasteiger partial charge >= 0.3 is 0 Å². The molecule has 0 bridgehead atoms. The van der Waals surface area contributed by atoms with E-state index in [0.29, 0.717) is 0 Å². The molecule has 19 heavy (non-hydrogen) atoms. The Morgan fingerprint density at radius 3 is 2.53 bits per heavy atom. The molecule has 0 atom stereocenters. The molecule has 0 saturated heterocycles. The van der Waals surface area contributed by atoms with Crippen LogP contribution in [-0.4, -0.2) is 9.97 Å². The van der Waals surface area contributed by atoms with E-state index in [1.54, 1.807) is 0 Å². The zero-order valence-corrected chi connectivity index (χ0v) is 13.9. The summed E-state index contributed by atoms with van der Waals surface area (Å²) in [6, 6.07) is 14.5. The van der Waals surface area contributed by atoms with Crippen LogP contribution in [0.2, 0.25) is 0 Å². The van der Waals surface area contributed by atoms with Crippen molar-refractivity contribution in [2.45, 2.75) is 13.8 Å². The van der Waals surface area contributed by atoms with Crippen molar-refractivity contribution in [3.05, 3.63) is 59.9 Å². The Labute approximate surface area is 138 Å². The number of aromatic nitrogens is 2. The quantitative estimate of drug-likeness (QED) is 0.638. The van der Waals surface area contributed by atoms with Crippen LogP contribution in [0.4, 0.5) is 0 Å². The first-order valence-corrected chi connectivity index (χ1v) is 5.96. The molecular formula is C16H13N2Y-. The molecular weight excluding hydrogens is 309 g/mol. The largest absolute Gasteiger partial charge is 0.366 e. The molecule has 0 aliphatic rings. The predicted molar refractivity (Wildman–Crippen MR) is 73.3 cm³/mol. The molecule has 0 saturated carbocycles. The SMILES string of the molecule is Cc1cccc(-c2n[c-]nc3c(C)cccc23)c1.[Y]. The number of nitrogens with zero attached hydrogens (tertiary/aromatic N) is 2. The van der Waals surface area contributed by atoms with Crippen LogP contribution in [0.25, 0.3) is 22.2 Å². The van der Waals surface area contributed by atoms with Crippen LogP contribution in [-0.2, 0) is 32.7 Å². The van der Waals surface area contributed by atoms with Gasteiger partial charge in [0.05, 0.1) is 0 Å². The van der Waals surface area contributed by atoms with Gasteiger partial charge in [-0.05, 0) is 25.1 Å². The minimum absolute atomic E-state index is 0. The first kappa shape index (κ1) is 14.3. The molecule has 0 aliphatic heterocycles. The first-order chi connectivity index (χ1) is 8.75. The van der Waals surface area contributed by atoms with Crippen LogP contribution in [0.3, 0.4) is 0 Å². The van der Waals surface area contributed by atoms with Gasteiger partial charge in [0.15, 0.2) is 0 Å². The fraction of sp³-hybridized carbons (Fsp3) is 0.125. The molecule has 3 aromatic rings. The van der Waals surface area contributed by atoms with Gasteiger partial charge in [-0.15, -0.1) is 0 Å². The van der Waals surface area contributed by atoms with E-state index < -0.39 is 0 Å². The third-order valence-corrected chi connectivity index (χ3v) is 3.11. The van der Waals surface area contributed by atoms with Crippen LogP contribution in [0.5, 0.6) is 0 Å². The van der Waals surface area contributed by atoms with Gasteiger partial charge in [-0.1, -0.05) is 64.5 Å². The number of rotatable bonds is 1. The summed E-state index contributed by atoms with van der Waals surface area (Å²) in [5.74, 6) is 0. The summed E-state index contributed by atoms with van der Waals surface area (Å²) < 4.78 is 0. The number of para-hydroxylation sites is 1. The molecule has 0 unspecified atom stereocenters. The second kappa shape index (κ2) is 5.89. The van der Waals surface area contributed by atoms with Gasteiger partial charge in [0.25, 0.3) is 0 Å². The van der Waals surface area contributed by atoms with Crippen LogP contribution < -0.4 is 0 Å². The van der Waals surface area contributed by atoms with Crippen molar-refractivity contribution in [3.8, 4) is 11.3 Å². The molecule has 2 aromatic carbocycles. The van der Waals surface area contributed by atoms with Crippen LogP contribution in [0.15, 0.2) is 42.5 Å². The van der Waals surface area contributed by atoms with E-state index in [2.05, 4.69) is 66.5 Å². The molecule has 2 nitrogen and oxygen atoms in total. The topological polar surface area (TPSA) is 25.8 Å². The third-order valence-electron chi connectivity index (χ3n) is 3.11. The van der Waals surface area contributed by atoms with Crippen LogP contribution >= 0.6 is 0 Å². The van der Waals surface area contributed by atoms with Crippen molar-refractivity contribution in [3.63, 3.8) is 0 Å². The molecule has 1 heterocycles. The van der Waals surface area contributed by atoms with Crippen molar-refractivity contribution in [2.75, 3.05) is 0 Å². The summed E-state index contributed by atoms with van der Waals surface area (Å²) in [6.07, 6.45) is 2.76. The first-order valence-electron chi connectivity index (χ1n) is 5.96. The number of fused-ring (bicyclic) bond motifs is 1. The van der Waals surface area contributed by atoms with Crippen molar-refractivity contribution >= 4 is 10.9 Å². The second-order valence-electron chi connectivity index (χ2n) is 4.51. The second-order valence-corrected chi connectivity index (χ2v) is 4.51. The zero-order valence-electron chi connectivity index (χ0n) is 11.0. The molecule has 3 heteroatoms. The van der Waals surface area contributed by atoms with Crippen LogP contribution in [0, 0.1) is 20.2 Å². The Bertz CT molecular complexity index is 723. The zero-order chi connectivity index (χ0) is 12.5. The summed E-state index contributed by atoms with van der Waals surface area (Å²) in [7, 11) is 0. The van der Waals surface area contributed by atoms with E-state index in [1.165, 1.54) is 5.56 Å². The molecule has 0 fully saturated rings. The summed E-state index contributed by atoms with van der Waals surface area (Å²) in [6.45, 7) is 4.14. The van der Waals surface area contributed by atoms with Crippen molar-refractivity contribution in [2.24, 2.45) is 0 Å². The minimum Gasteiger partial charge on any atom is -0.366 e. The summed E-state index contributed by atoms with van der Waals surface area (Å²) in [5.41, 5.74) is 5.42. The normalized spacial score (nSPS) is 10.2. The maximum Gasteiger partial charge on any atom is 0.0225 e. The maximum absolute atomic E-state index is 4.32. The standard InChI is InChI=1S/C16H13N2.Y/c1-11-5-3-7-13(9-11)16-14-8-4-6-12(2)15(14)17-10-18-16;/h3-9H,1-2H3;/q-1;. The van der Waals surface area contributed by atoms with Crippen molar-refractivity contribution in [1.82, 2.24) is 9.97 Å². The summed E-state index contributed by atoms with van der Waals surface area (Å²) in [4.78, 5) is 8.58. The monoisotopic (exact) mass is 322 g/mol.